The van der Waals surface area contributed by atoms with Crippen LogP contribution in [0.15, 0.2) is 79.1 Å². The zero-order valence-corrected chi connectivity index (χ0v) is 14.3. The first kappa shape index (κ1) is 18.3. The highest BCUT2D eigenvalue weighted by molar-refractivity contribution is 5.90. The third-order valence-electron chi connectivity index (χ3n) is 3.50. The minimum Gasteiger partial charge on any atom is -0.453 e. The van der Waals surface area contributed by atoms with E-state index in [-0.39, 0.29) is 12.4 Å². The Balaban J connectivity index is 1.52. The number of nitrogens with zero attached hydrogens (tertiary/aromatic N) is 1. The van der Waals surface area contributed by atoms with Gasteiger partial charge in [-0.05, 0) is 41.5 Å². The van der Waals surface area contributed by atoms with Gasteiger partial charge < -0.3 is 4.74 Å². The largest absolute Gasteiger partial charge is 0.453 e. The van der Waals surface area contributed by atoms with Gasteiger partial charge in [-0.25, -0.2) is 9.87 Å². The normalized spacial score (nSPS) is 10.7. The minimum absolute atomic E-state index is 0.0794. The quantitative estimate of drug-likeness (QED) is 0.502. The fraction of sp³-hybridized carbons (Fsp3) is 0.0476. The lowest BCUT2D eigenvalue weighted by molar-refractivity contribution is -0.129. The summed E-state index contributed by atoms with van der Waals surface area (Å²) in [5.41, 5.74) is 3.76. The maximum Gasteiger partial charge on any atom is 0.267 e. The number of rotatable bonds is 7. The Hall–Kier alpha value is -3.51. The highest BCUT2D eigenvalue weighted by Gasteiger charge is 2.05. The summed E-state index contributed by atoms with van der Waals surface area (Å²) in [7, 11) is 0. The van der Waals surface area contributed by atoms with E-state index in [1.165, 1.54) is 30.5 Å². The lowest BCUT2D eigenvalue weighted by Gasteiger charge is -2.06. The number of benzene rings is 2. The fourth-order valence-corrected chi connectivity index (χ4v) is 2.21. The molecule has 0 saturated carbocycles. The van der Waals surface area contributed by atoms with Crippen LogP contribution in [0.5, 0.6) is 11.5 Å². The number of nitrogens with one attached hydrogen (secondary N) is 1. The van der Waals surface area contributed by atoms with Gasteiger partial charge in [-0.15, -0.1) is 0 Å². The lowest BCUT2D eigenvalue weighted by Crippen LogP contribution is -2.21. The first-order chi connectivity index (χ1) is 13.2. The number of hydrogen-bond donors (Lipinski definition) is 1. The van der Waals surface area contributed by atoms with Gasteiger partial charge in [0.2, 0.25) is 0 Å². The van der Waals surface area contributed by atoms with E-state index < -0.39 is 11.7 Å². The molecule has 1 N–H and O–H groups in total. The molecule has 27 heavy (non-hydrogen) atoms. The summed E-state index contributed by atoms with van der Waals surface area (Å²) in [4.78, 5) is 20.8. The summed E-state index contributed by atoms with van der Waals surface area (Å²) in [6, 6.07) is 17.2. The van der Waals surface area contributed by atoms with Crippen LogP contribution >= 0.6 is 0 Å². The van der Waals surface area contributed by atoms with Gasteiger partial charge in [0, 0.05) is 12.3 Å². The van der Waals surface area contributed by atoms with Crippen LogP contribution in [0.4, 0.5) is 4.39 Å². The third kappa shape index (κ3) is 5.76. The molecule has 0 aliphatic rings. The van der Waals surface area contributed by atoms with Crippen LogP contribution in [-0.4, -0.2) is 10.9 Å². The topological polar surface area (TPSA) is 60.5 Å². The van der Waals surface area contributed by atoms with Gasteiger partial charge >= 0.3 is 0 Å². The molecule has 0 radical (unpaired) electrons. The smallest absolute Gasteiger partial charge is 0.267 e. The van der Waals surface area contributed by atoms with E-state index in [1.807, 2.05) is 30.3 Å². The number of aromatic nitrogens is 1. The van der Waals surface area contributed by atoms with E-state index in [9.17, 15) is 9.18 Å². The highest BCUT2D eigenvalue weighted by atomic mass is 19.1. The van der Waals surface area contributed by atoms with Crippen LogP contribution < -0.4 is 10.2 Å². The summed E-state index contributed by atoms with van der Waals surface area (Å²) in [5.74, 6) is -0.464. The molecule has 0 saturated heterocycles. The maximum atomic E-state index is 14.1. The molecule has 0 spiro atoms. The number of amides is 1. The monoisotopic (exact) mass is 364 g/mol. The van der Waals surface area contributed by atoms with Crippen molar-refractivity contribution >= 4 is 12.0 Å². The van der Waals surface area contributed by atoms with Crippen LogP contribution in [0, 0.1) is 5.82 Å². The van der Waals surface area contributed by atoms with E-state index in [1.54, 1.807) is 24.4 Å². The molecule has 1 heterocycles. The molecule has 0 atom stereocenters. The standard InChI is InChI=1S/C21H17FN2O3/c22-19-13-16(8-10-20(19)27-18-7-4-12-23-14-18)9-11-21(25)24-26-15-17-5-2-1-3-6-17/h1-14H,15H2,(H,24,25)/b11-9+. The Morgan fingerprint density at radius 2 is 1.96 bits per heavy atom. The molecule has 1 amide bonds. The molecule has 6 heteroatoms. The summed E-state index contributed by atoms with van der Waals surface area (Å²) < 4.78 is 19.6. The van der Waals surface area contributed by atoms with Gasteiger partial charge in [0.1, 0.15) is 5.75 Å². The Morgan fingerprint density at radius 1 is 1.11 bits per heavy atom. The summed E-state index contributed by atoms with van der Waals surface area (Å²) >= 11 is 0. The molecule has 136 valence electrons. The predicted octanol–water partition coefficient (Wildman–Crippen LogP) is 4.27. The predicted molar refractivity (Wildman–Crippen MR) is 99.1 cm³/mol. The molecule has 0 aliphatic heterocycles. The third-order valence-corrected chi connectivity index (χ3v) is 3.50. The number of halogens is 1. The molecule has 3 rings (SSSR count). The average molecular weight is 364 g/mol. The van der Waals surface area contributed by atoms with Crippen molar-refractivity contribution in [2.24, 2.45) is 0 Å². The van der Waals surface area contributed by atoms with E-state index in [2.05, 4.69) is 10.5 Å². The van der Waals surface area contributed by atoms with E-state index in [0.29, 0.717) is 11.3 Å². The molecule has 2 aromatic carbocycles. The zero-order valence-electron chi connectivity index (χ0n) is 14.3. The number of hydrogen-bond acceptors (Lipinski definition) is 4. The van der Waals surface area contributed by atoms with Crippen molar-refractivity contribution in [2.75, 3.05) is 0 Å². The molecule has 0 aliphatic carbocycles. The van der Waals surface area contributed by atoms with Gasteiger partial charge in [0.25, 0.3) is 5.91 Å². The van der Waals surface area contributed by atoms with E-state index in [4.69, 9.17) is 9.57 Å². The van der Waals surface area contributed by atoms with Crippen LogP contribution in [0.1, 0.15) is 11.1 Å². The van der Waals surface area contributed by atoms with Gasteiger partial charge in [-0.2, -0.15) is 0 Å². The molecule has 0 bridgehead atoms. The Bertz CT molecular complexity index is 915. The second-order valence-electron chi connectivity index (χ2n) is 5.55. The first-order valence-electron chi connectivity index (χ1n) is 8.22. The van der Waals surface area contributed by atoms with Gasteiger partial charge in [0.15, 0.2) is 11.6 Å². The van der Waals surface area contributed by atoms with Gasteiger partial charge in [0.05, 0.1) is 12.8 Å². The summed E-state index contributed by atoms with van der Waals surface area (Å²) in [6.45, 7) is 0.259. The molecule has 0 unspecified atom stereocenters. The number of carbonyl (C=O) groups excluding carboxylic acids is 1. The molecule has 1 aromatic heterocycles. The fourth-order valence-electron chi connectivity index (χ4n) is 2.21. The number of pyridine rings is 1. The SMILES string of the molecule is O=C(/C=C/c1ccc(Oc2cccnc2)c(F)c1)NOCc1ccccc1. The Labute approximate surface area is 156 Å². The van der Waals surface area contributed by atoms with Crippen molar-refractivity contribution < 1.29 is 18.8 Å². The number of hydroxylamine groups is 1. The Kier molecular flexibility index (Phi) is 6.27. The van der Waals surface area contributed by atoms with Crippen LogP contribution in [0.2, 0.25) is 0 Å². The van der Waals surface area contributed by atoms with Crippen LogP contribution in [-0.2, 0) is 16.2 Å². The van der Waals surface area contributed by atoms with Crippen LogP contribution in [0.3, 0.4) is 0 Å². The van der Waals surface area contributed by atoms with E-state index >= 15 is 0 Å². The average Bonchev–Trinajstić information content (AvgIpc) is 2.70. The van der Waals surface area contributed by atoms with Crippen molar-refractivity contribution in [3.63, 3.8) is 0 Å². The number of ether oxygens (including phenoxy) is 1. The molecular formula is C21H17FN2O3. The summed E-state index contributed by atoms with van der Waals surface area (Å²) in [5, 5.41) is 0. The van der Waals surface area contributed by atoms with Crippen molar-refractivity contribution in [3.05, 3.63) is 96.1 Å². The van der Waals surface area contributed by atoms with Crippen molar-refractivity contribution in [1.29, 1.82) is 0 Å². The second-order valence-corrected chi connectivity index (χ2v) is 5.55. The number of carbonyl (C=O) groups is 1. The molecular weight excluding hydrogens is 347 g/mol. The second kappa shape index (κ2) is 9.26. The zero-order chi connectivity index (χ0) is 18.9. The van der Waals surface area contributed by atoms with E-state index in [0.717, 1.165) is 5.56 Å². The molecule has 3 aromatic rings. The first-order valence-corrected chi connectivity index (χ1v) is 8.22. The van der Waals surface area contributed by atoms with Crippen molar-refractivity contribution in [2.45, 2.75) is 6.61 Å². The molecule has 0 fully saturated rings. The maximum absolute atomic E-state index is 14.1. The van der Waals surface area contributed by atoms with Crippen molar-refractivity contribution in [3.8, 4) is 11.5 Å². The molecule has 5 nitrogen and oxygen atoms in total. The van der Waals surface area contributed by atoms with Crippen LogP contribution in [0.25, 0.3) is 6.08 Å². The minimum atomic E-state index is -0.540. The lowest BCUT2D eigenvalue weighted by atomic mass is 10.2. The van der Waals surface area contributed by atoms with Crippen molar-refractivity contribution in [1.82, 2.24) is 10.5 Å². The van der Waals surface area contributed by atoms with Gasteiger partial charge in [-0.3, -0.25) is 14.6 Å². The highest BCUT2D eigenvalue weighted by Crippen LogP contribution is 2.24. The van der Waals surface area contributed by atoms with Gasteiger partial charge in [-0.1, -0.05) is 36.4 Å². The summed E-state index contributed by atoms with van der Waals surface area (Å²) in [6.07, 6.45) is 5.85. The Morgan fingerprint density at radius 3 is 2.70 bits per heavy atom.